The predicted octanol–water partition coefficient (Wildman–Crippen LogP) is 4.18. The molecular weight excluding hydrogens is 338 g/mol. The number of aryl methyl sites for hydroxylation is 2. The number of hydrogen-bond acceptors (Lipinski definition) is 3. The molecule has 3 rings (SSSR count). The lowest BCUT2D eigenvalue weighted by molar-refractivity contribution is -0.121. The Morgan fingerprint density at radius 1 is 1.07 bits per heavy atom. The zero-order valence-corrected chi connectivity index (χ0v) is 16.5. The minimum atomic E-state index is -0.101. The molecule has 1 amide bonds. The molecule has 27 heavy (non-hydrogen) atoms. The molecule has 0 saturated carbocycles. The van der Waals surface area contributed by atoms with Gasteiger partial charge >= 0.3 is 0 Å². The van der Waals surface area contributed by atoms with Crippen LogP contribution >= 0.6 is 0 Å². The zero-order chi connectivity index (χ0) is 19.3. The van der Waals surface area contributed by atoms with Gasteiger partial charge in [0.05, 0.1) is 13.2 Å². The minimum Gasteiger partial charge on any atom is -0.490 e. The number of nitrogens with one attached hydrogen (secondary N) is 1. The summed E-state index contributed by atoms with van der Waals surface area (Å²) in [5.41, 5.74) is 3.51. The molecule has 0 atom stereocenters. The van der Waals surface area contributed by atoms with E-state index in [0.29, 0.717) is 32.6 Å². The second-order valence-corrected chi connectivity index (χ2v) is 7.81. The summed E-state index contributed by atoms with van der Waals surface area (Å²) in [6.07, 6.45) is 2.04. The average Bonchev–Trinajstić information content (AvgIpc) is 2.90. The van der Waals surface area contributed by atoms with Crippen LogP contribution in [-0.2, 0) is 16.6 Å². The molecule has 0 fully saturated rings. The molecule has 2 aromatic rings. The summed E-state index contributed by atoms with van der Waals surface area (Å²) in [6, 6.07) is 14.3. The van der Waals surface area contributed by atoms with Crippen LogP contribution in [0.1, 0.15) is 43.4 Å². The smallest absolute Gasteiger partial charge is 0.220 e. The maximum Gasteiger partial charge on any atom is 0.220 e. The lowest BCUT2D eigenvalue weighted by Crippen LogP contribution is -2.37. The first kappa shape index (κ1) is 19.3. The third-order valence-electron chi connectivity index (χ3n) is 5.05. The summed E-state index contributed by atoms with van der Waals surface area (Å²) in [7, 11) is 0. The van der Waals surface area contributed by atoms with Crippen molar-refractivity contribution in [3.63, 3.8) is 0 Å². The second-order valence-electron chi connectivity index (χ2n) is 7.81. The first-order valence-electron chi connectivity index (χ1n) is 9.67. The normalized spacial score (nSPS) is 13.7. The van der Waals surface area contributed by atoms with Gasteiger partial charge in [-0.3, -0.25) is 4.79 Å². The van der Waals surface area contributed by atoms with E-state index in [1.807, 2.05) is 24.3 Å². The van der Waals surface area contributed by atoms with Crippen molar-refractivity contribution in [2.75, 3.05) is 19.8 Å². The Labute approximate surface area is 161 Å². The first-order valence-corrected chi connectivity index (χ1v) is 9.67. The molecule has 4 nitrogen and oxygen atoms in total. The van der Waals surface area contributed by atoms with Gasteiger partial charge in [0, 0.05) is 24.8 Å². The molecule has 0 bridgehead atoms. The van der Waals surface area contributed by atoms with E-state index in [4.69, 9.17) is 9.47 Å². The second kappa shape index (κ2) is 8.47. The van der Waals surface area contributed by atoms with Crippen molar-refractivity contribution in [1.82, 2.24) is 5.32 Å². The number of carbonyl (C=O) groups excluding carboxylic acids is 1. The summed E-state index contributed by atoms with van der Waals surface area (Å²) < 4.78 is 11.4. The third kappa shape index (κ3) is 5.03. The number of hydrogen-bond donors (Lipinski definition) is 1. The van der Waals surface area contributed by atoms with Gasteiger partial charge in [-0.15, -0.1) is 0 Å². The van der Waals surface area contributed by atoms with Crippen molar-refractivity contribution in [1.29, 1.82) is 0 Å². The van der Waals surface area contributed by atoms with Gasteiger partial charge in [0.2, 0.25) is 5.91 Å². The fourth-order valence-electron chi connectivity index (χ4n) is 3.46. The van der Waals surface area contributed by atoms with Gasteiger partial charge in [-0.2, -0.15) is 0 Å². The van der Waals surface area contributed by atoms with E-state index < -0.39 is 0 Å². The van der Waals surface area contributed by atoms with Crippen LogP contribution in [0, 0.1) is 6.92 Å². The first-order chi connectivity index (χ1) is 13.0. The quantitative estimate of drug-likeness (QED) is 0.833. The number of fused-ring (bicyclic) bond motifs is 1. The van der Waals surface area contributed by atoms with E-state index in [9.17, 15) is 4.79 Å². The van der Waals surface area contributed by atoms with Crippen molar-refractivity contribution in [2.45, 2.75) is 45.4 Å². The highest BCUT2D eigenvalue weighted by atomic mass is 16.5. The Bertz CT molecular complexity index is 798. The summed E-state index contributed by atoms with van der Waals surface area (Å²) >= 11 is 0. The summed E-state index contributed by atoms with van der Waals surface area (Å²) in [4.78, 5) is 12.4. The molecule has 0 saturated heterocycles. The van der Waals surface area contributed by atoms with Gasteiger partial charge in [0.1, 0.15) is 0 Å². The van der Waals surface area contributed by atoms with Crippen LogP contribution in [0.25, 0.3) is 0 Å². The average molecular weight is 367 g/mol. The largest absolute Gasteiger partial charge is 0.490 e. The van der Waals surface area contributed by atoms with Crippen molar-refractivity contribution in [3.05, 3.63) is 59.2 Å². The van der Waals surface area contributed by atoms with Crippen molar-refractivity contribution in [2.24, 2.45) is 0 Å². The molecule has 1 N–H and O–H groups in total. The number of rotatable bonds is 6. The minimum absolute atomic E-state index is 0.0729. The van der Waals surface area contributed by atoms with Gasteiger partial charge in [-0.25, -0.2) is 0 Å². The molecule has 0 aromatic heterocycles. The van der Waals surface area contributed by atoms with E-state index in [1.54, 1.807) is 0 Å². The topological polar surface area (TPSA) is 47.6 Å². The number of amides is 1. The lowest BCUT2D eigenvalue weighted by Gasteiger charge is -2.27. The maximum absolute atomic E-state index is 12.4. The van der Waals surface area contributed by atoms with E-state index in [2.05, 4.69) is 44.3 Å². The molecule has 1 aliphatic heterocycles. The van der Waals surface area contributed by atoms with Gasteiger partial charge in [0.15, 0.2) is 11.5 Å². The Morgan fingerprint density at radius 2 is 1.81 bits per heavy atom. The summed E-state index contributed by atoms with van der Waals surface area (Å²) in [5.74, 6) is 1.65. The van der Waals surface area contributed by atoms with Gasteiger partial charge in [0.25, 0.3) is 0 Å². The van der Waals surface area contributed by atoms with Crippen LogP contribution < -0.4 is 14.8 Å². The van der Waals surface area contributed by atoms with E-state index >= 15 is 0 Å². The molecular formula is C23H29NO3. The lowest BCUT2D eigenvalue weighted by atomic mass is 9.82. The molecule has 0 spiro atoms. The Kier molecular flexibility index (Phi) is 6.04. The van der Waals surface area contributed by atoms with Crippen LogP contribution in [0.4, 0.5) is 0 Å². The SMILES string of the molecule is Cc1ccccc1C(C)(C)CNC(=O)CCc1ccc2c(c1)OCCCO2. The van der Waals surface area contributed by atoms with Gasteiger partial charge < -0.3 is 14.8 Å². The van der Waals surface area contributed by atoms with Crippen molar-refractivity contribution in [3.8, 4) is 11.5 Å². The molecule has 0 radical (unpaired) electrons. The maximum atomic E-state index is 12.4. The zero-order valence-electron chi connectivity index (χ0n) is 16.5. The number of carbonyl (C=O) groups is 1. The van der Waals surface area contributed by atoms with Crippen LogP contribution in [0.5, 0.6) is 11.5 Å². The van der Waals surface area contributed by atoms with Crippen LogP contribution in [-0.4, -0.2) is 25.7 Å². The van der Waals surface area contributed by atoms with Crippen LogP contribution in [0.2, 0.25) is 0 Å². The van der Waals surface area contributed by atoms with E-state index in [1.165, 1.54) is 11.1 Å². The fraction of sp³-hybridized carbons (Fsp3) is 0.435. The summed E-state index contributed by atoms with van der Waals surface area (Å²) in [5, 5.41) is 3.10. The number of ether oxygens (including phenoxy) is 2. The molecule has 2 aromatic carbocycles. The molecule has 1 heterocycles. The number of benzene rings is 2. The highest BCUT2D eigenvalue weighted by Gasteiger charge is 2.23. The Morgan fingerprint density at radius 3 is 2.59 bits per heavy atom. The van der Waals surface area contributed by atoms with Gasteiger partial charge in [-0.1, -0.05) is 44.2 Å². The third-order valence-corrected chi connectivity index (χ3v) is 5.05. The van der Waals surface area contributed by atoms with Gasteiger partial charge in [-0.05, 0) is 42.2 Å². The van der Waals surface area contributed by atoms with Crippen molar-refractivity contribution < 1.29 is 14.3 Å². The summed E-state index contributed by atoms with van der Waals surface area (Å²) in [6.45, 7) is 8.43. The fourth-order valence-corrected chi connectivity index (χ4v) is 3.46. The molecule has 0 unspecified atom stereocenters. The molecule has 144 valence electrons. The standard InChI is InChI=1S/C23H29NO3/c1-17-7-4-5-8-19(17)23(2,3)16-24-22(25)12-10-18-9-11-20-21(15-18)27-14-6-13-26-20/h4-5,7-9,11,15H,6,10,12-14,16H2,1-3H3,(H,24,25). The molecule has 4 heteroatoms. The Hall–Kier alpha value is -2.49. The molecule has 0 aliphatic carbocycles. The Balaban J connectivity index is 1.53. The van der Waals surface area contributed by atoms with Crippen LogP contribution in [0.3, 0.4) is 0 Å². The highest BCUT2D eigenvalue weighted by Crippen LogP contribution is 2.31. The van der Waals surface area contributed by atoms with E-state index in [-0.39, 0.29) is 11.3 Å². The van der Waals surface area contributed by atoms with E-state index in [0.717, 1.165) is 23.5 Å². The highest BCUT2D eigenvalue weighted by molar-refractivity contribution is 5.76. The van der Waals surface area contributed by atoms with Crippen molar-refractivity contribution >= 4 is 5.91 Å². The molecule has 1 aliphatic rings. The van der Waals surface area contributed by atoms with Crippen LogP contribution in [0.15, 0.2) is 42.5 Å². The monoisotopic (exact) mass is 367 g/mol. The predicted molar refractivity (Wildman–Crippen MR) is 108 cm³/mol.